The summed E-state index contributed by atoms with van der Waals surface area (Å²) in [4.78, 5) is 14.8. The van der Waals surface area contributed by atoms with Gasteiger partial charge < -0.3 is 25.2 Å². The standard InChI is InChI=1S/C18H28N4O5.HI/c23-9-12-26-11-8-19-18(21-14-17-3-1-2-10-27-17)20-13-15-4-6-16(7-5-15)22(24)25;/h4-7,17,23H,1-3,8-14H2,(H2,19,20,21);1H. The van der Waals surface area contributed by atoms with E-state index in [0.29, 0.717) is 38.8 Å². The number of non-ortho nitro benzene ring substituents is 1. The van der Waals surface area contributed by atoms with Crippen LogP contribution in [0.2, 0.25) is 0 Å². The second-order valence-corrected chi connectivity index (χ2v) is 6.22. The highest BCUT2D eigenvalue weighted by molar-refractivity contribution is 14.0. The van der Waals surface area contributed by atoms with Crippen LogP contribution in [0.5, 0.6) is 0 Å². The first-order valence-electron chi connectivity index (χ1n) is 9.25. The fourth-order valence-electron chi connectivity index (χ4n) is 2.65. The topological polar surface area (TPSA) is 118 Å². The molecule has 1 aromatic carbocycles. The Bertz CT molecular complexity index is 594. The summed E-state index contributed by atoms with van der Waals surface area (Å²) in [6, 6.07) is 6.36. The predicted octanol–water partition coefficient (Wildman–Crippen LogP) is 1.83. The van der Waals surface area contributed by atoms with Crippen molar-refractivity contribution in [2.75, 3.05) is 39.5 Å². The number of hydrogen-bond donors (Lipinski definition) is 3. The second kappa shape index (κ2) is 14.5. The summed E-state index contributed by atoms with van der Waals surface area (Å²) in [5.41, 5.74) is 0.946. The summed E-state index contributed by atoms with van der Waals surface area (Å²) >= 11 is 0. The van der Waals surface area contributed by atoms with E-state index in [9.17, 15) is 10.1 Å². The summed E-state index contributed by atoms with van der Waals surface area (Å²) in [6.07, 6.45) is 3.49. The molecule has 9 nitrogen and oxygen atoms in total. The van der Waals surface area contributed by atoms with Crippen molar-refractivity contribution < 1.29 is 19.5 Å². The van der Waals surface area contributed by atoms with E-state index in [4.69, 9.17) is 14.6 Å². The minimum atomic E-state index is -0.419. The molecule has 1 heterocycles. The van der Waals surface area contributed by atoms with Crippen molar-refractivity contribution in [3.8, 4) is 0 Å². The highest BCUT2D eigenvalue weighted by Gasteiger charge is 2.14. The second-order valence-electron chi connectivity index (χ2n) is 6.22. The number of nitrogens with zero attached hydrogens (tertiary/aromatic N) is 2. The van der Waals surface area contributed by atoms with Crippen molar-refractivity contribution in [3.05, 3.63) is 39.9 Å². The molecule has 3 N–H and O–H groups in total. The fourth-order valence-corrected chi connectivity index (χ4v) is 2.65. The third-order valence-corrected chi connectivity index (χ3v) is 4.11. The molecule has 0 bridgehead atoms. The van der Waals surface area contributed by atoms with Crippen LogP contribution in [0.15, 0.2) is 29.3 Å². The molecule has 28 heavy (non-hydrogen) atoms. The molecule has 0 radical (unpaired) electrons. The lowest BCUT2D eigenvalue weighted by atomic mass is 10.1. The maximum atomic E-state index is 10.7. The van der Waals surface area contributed by atoms with E-state index in [1.807, 2.05) is 0 Å². The van der Waals surface area contributed by atoms with E-state index < -0.39 is 4.92 Å². The zero-order valence-electron chi connectivity index (χ0n) is 15.8. The van der Waals surface area contributed by atoms with Crippen molar-refractivity contribution in [2.45, 2.75) is 31.9 Å². The molecule has 0 aromatic heterocycles. The minimum absolute atomic E-state index is 0. The van der Waals surface area contributed by atoms with Gasteiger partial charge in [0.1, 0.15) is 0 Å². The van der Waals surface area contributed by atoms with Crippen LogP contribution in [-0.2, 0) is 16.0 Å². The molecule has 1 aliphatic rings. The number of nitro benzene ring substituents is 1. The molecule has 1 aromatic rings. The largest absolute Gasteiger partial charge is 0.394 e. The number of nitrogens with one attached hydrogen (secondary N) is 2. The van der Waals surface area contributed by atoms with Crippen molar-refractivity contribution in [3.63, 3.8) is 0 Å². The number of hydrogen-bond acceptors (Lipinski definition) is 6. The molecule has 2 rings (SSSR count). The molecule has 1 saturated heterocycles. The number of rotatable bonds is 10. The Morgan fingerprint density at radius 1 is 1.29 bits per heavy atom. The van der Waals surface area contributed by atoms with Crippen molar-refractivity contribution in [2.24, 2.45) is 4.99 Å². The van der Waals surface area contributed by atoms with Gasteiger partial charge in [-0.15, -0.1) is 24.0 Å². The molecule has 10 heteroatoms. The van der Waals surface area contributed by atoms with Crippen LogP contribution < -0.4 is 10.6 Å². The maximum absolute atomic E-state index is 10.7. The van der Waals surface area contributed by atoms with Crippen molar-refractivity contribution in [1.29, 1.82) is 0 Å². The van der Waals surface area contributed by atoms with Crippen LogP contribution in [0.25, 0.3) is 0 Å². The Kier molecular flexibility index (Phi) is 12.7. The van der Waals surface area contributed by atoms with Gasteiger partial charge in [-0.3, -0.25) is 10.1 Å². The van der Waals surface area contributed by atoms with E-state index in [0.717, 1.165) is 25.0 Å². The van der Waals surface area contributed by atoms with E-state index in [2.05, 4.69) is 15.6 Å². The number of aliphatic imine (C=N–C) groups is 1. The molecule has 0 saturated carbocycles. The zero-order valence-corrected chi connectivity index (χ0v) is 18.2. The number of guanidine groups is 1. The number of nitro groups is 1. The highest BCUT2D eigenvalue weighted by atomic mass is 127. The molecule has 158 valence electrons. The van der Waals surface area contributed by atoms with Gasteiger partial charge >= 0.3 is 0 Å². The third-order valence-electron chi connectivity index (χ3n) is 4.11. The van der Waals surface area contributed by atoms with Crippen LogP contribution in [0, 0.1) is 10.1 Å². The molecule has 1 fully saturated rings. The number of halogens is 1. The Morgan fingerprint density at radius 3 is 2.71 bits per heavy atom. The summed E-state index contributed by atoms with van der Waals surface area (Å²) < 4.78 is 11.0. The predicted molar refractivity (Wildman–Crippen MR) is 117 cm³/mol. The van der Waals surface area contributed by atoms with Crippen molar-refractivity contribution >= 4 is 35.6 Å². The smallest absolute Gasteiger partial charge is 0.269 e. The van der Waals surface area contributed by atoms with Gasteiger partial charge in [-0.05, 0) is 24.8 Å². The van der Waals surface area contributed by atoms with Gasteiger partial charge in [-0.25, -0.2) is 4.99 Å². The lowest BCUT2D eigenvalue weighted by molar-refractivity contribution is -0.384. The summed E-state index contributed by atoms with van der Waals surface area (Å²) in [5.74, 6) is 0.634. The molecule has 0 amide bonds. The van der Waals surface area contributed by atoms with E-state index in [1.54, 1.807) is 12.1 Å². The van der Waals surface area contributed by atoms with Crippen LogP contribution in [-0.4, -0.2) is 61.6 Å². The van der Waals surface area contributed by atoms with Gasteiger partial charge in [0.2, 0.25) is 0 Å². The van der Waals surface area contributed by atoms with Crippen molar-refractivity contribution in [1.82, 2.24) is 10.6 Å². The maximum Gasteiger partial charge on any atom is 0.269 e. The molecule has 1 unspecified atom stereocenters. The molecular weight excluding hydrogens is 479 g/mol. The van der Waals surface area contributed by atoms with E-state index in [1.165, 1.54) is 18.6 Å². The quantitative estimate of drug-likeness (QED) is 0.110. The lowest BCUT2D eigenvalue weighted by Crippen LogP contribution is -2.43. The van der Waals surface area contributed by atoms with Gasteiger partial charge in [-0.1, -0.05) is 12.1 Å². The summed E-state index contributed by atoms with van der Waals surface area (Å²) in [6.45, 7) is 3.18. The van der Waals surface area contributed by atoms with Gasteiger partial charge in [0, 0.05) is 31.8 Å². The van der Waals surface area contributed by atoms with Gasteiger partial charge in [0.25, 0.3) is 5.69 Å². The normalized spacial score (nSPS) is 16.9. The lowest BCUT2D eigenvalue weighted by Gasteiger charge is -2.23. The SMILES string of the molecule is I.O=[N+]([O-])c1ccc(CN=C(NCCOCCO)NCC2CCCCO2)cc1. The van der Waals surface area contributed by atoms with Gasteiger partial charge in [0.15, 0.2) is 5.96 Å². The summed E-state index contributed by atoms with van der Waals surface area (Å²) in [5, 5.41) is 25.9. The Hall–Kier alpha value is -1.50. The molecule has 1 atom stereocenters. The zero-order chi connectivity index (χ0) is 19.3. The fraction of sp³-hybridized carbons (Fsp3) is 0.611. The monoisotopic (exact) mass is 508 g/mol. The number of aliphatic hydroxyl groups excluding tert-OH is 1. The summed E-state index contributed by atoms with van der Waals surface area (Å²) in [7, 11) is 0. The molecular formula is C18H29IN4O5. The average molecular weight is 508 g/mol. The molecule has 0 aliphatic carbocycles. The molecule has 0 spiro atoms. The van der Waals surface area contributed by atoms with Crippen LogP contribution in [0.3, 0.4) is 0 Å². The minimum Gasteiger partial charge on any atom is -0.394 e. The van der Waals surface area contributed by atoms with Gasteiger partial charge in [0.05, 0.1) is 37.4 Å². The van der Waals surface area contributed by atoms with E-state index in [-0.39, 0.29) is 42.4 Å². The van der Waals surface area contributed by atoms with Crippen LogP contribution in [0.4, 0.5) is 5.69 Å². The third kappa shape index (κ3) is 9.62. The Morgan fingerprint density at radius 2 is 2.07 bits per heavy atom. The number of aliphatic hydroxyl groups is 1. The number of ether oxygens (including phenoxy) is 2. The first-order chi connectivity index (χ1) is 13.2. The first kappa shape index (κ1) is 24.5. The van der Waals surface area contributed by atoms with Crippen LogP contribution in [0.1, 0.15) is 24.8 Å². The number of benzene rings is 1. The molecule has 1 aliphatic heterocycles. The Balaban J connectivity index is 0.00000392. The Labute approximate surface area is 182 Å². The van der Waals surface area contributed by atoms with Gasteiger partial charge in [-0.2, -0.15) is 0 Å². The first-order valence-corrected chi connectivity index (χ1v) is 9.25. The van der Waals surface area contributed by atoms with E-state index >= 15 is 0 Å². The average Bonchev–Trinajstić information content (AvgIpc) is 2.70. The highest BCUT2D eigenvalue weighted by Crippen LogP contribution is 2.13. The van der Waals surface area contributed by atoms with Crippen LogP contribution >= 0.6 is 24.0 Å².